The molecule has 22 heavy (non-hydrogen) atoms. The summed E-state index contributed by atoms with van der Waals surface area (Å²) in [5.74, 6) is 1.48. The Morgan fingerprint density at radius 1 is 1.14 bits per heavy atom. The highest BCUT2D eigenvalue weighted by Crippen LogP contribution is 2.28. The quantitative estimate of drug-likeness (QED) is 0.810. The first-order valence-corrected chi connectivity index (χ1v) is 8.37. The Hall–Kier alpha value is -2.01. The van der Waals surface area contributed by atoms with Crippen molar-refractivity contribution in [2.24, 2.45) is 0 Å². The minimum atomic E-state index is -0.0304. The number of rotatable bonds is 8. The predicted molar refractivity (Wildman–Crippen MR) is 89.1 cm³/mol. The molecule has 0 radical (unpaired) electrons. The summed E-state index contributed by atoms with van der Waals surface area (Å²) in [7, 11) is 0. The summed E-state index contributed by atoms with van der Waals surface area (Å²) in [5, 5.41) is 6.67. The lowest BCUT2D eigenvalue weighted by molar-refractivity contribution is 0.0954. The van der Waals surface area contributed by atoms with Gasteiger partial charge in [0.1, 0.15) is 0 Å². The lowest BCUT2D eigenvalue weighted by atomic mass is 10.1. The van der Waals surface area contributed by atoms with Crippen molar-refractivity contribution < 1.29 is 14.3 Å². The zero-order chi connectivity index (χ0) is 15.8. The summed E-state index contributed by atoms with van der Waals surface area (Å²) in [6, 6.07) is 7.73. The van der Waals surface area contributed by atoms with Crippen LogP contribution in [0.3, 0.4) is 0 Å². The number of nitrogens with one attached hydrogen (secondary N) is 1. The van der Waals surface area contributed by atoms with Gasteiger partial charge in [-0.05, 0) is 49.4 Å². The Morgan fingerprint density at radius 3 is 2.59 bits per heavy atom. The zero-order valence-corrected chi connectivity index (χ0v) is 13.7. The zero-order valence-electron chi connectivity index (χ0n) is 12.9. The standard InChI is InChI=1S/C17H21NO3S/c1-3-20-15-6-5-13(11-16(15)21-4-2)7-9-18-17(19)14-8-10-22-12-14/h5-6,8,10-12H,3-4,7,9H2,1-2H3,(H,18,19). The van der Waals surface area contributed by atoms with Gasteiger partial charge < -0.3 is 14.8 Å². The van der Waals surface area contributed by atoms with E-state index < -0.39 is 0 Å². The molecule has 0 aliphatic carbocycles. The van der Waals surface area contributed by atoms with Crippen molar-refractivity contribution in [3.63, 3.8) is 0 Å². The molecule has 1 aromatic carbocycles. The molecule has 0 fully saturated rings. The van der Waals surface area contributed by atoms with Gasteiger partial charge in [0.15, 0.2) is 11.5 Å². The van der Waals surface area contributed by atoms with Crippen LogP contribution in [0.1, 0.15) is 29.8 Å². The van der Waals surface area contributed by atoms with E-state index in [-0.39, 0.29) is 5.91 Å². The van der Waals surface area contributed by atoms with Crippen molar-refractivity contribution in [2.45, 2.75) is 20.3 Å². The van der Waals surface area contributed by atoms with Crippen LogP contribution < -0.4 is 14.8 Å². The molecule has 0 bridgehead atoms. The number of amides is 1. The van der Waals surface area contributed by atoms with Crippen molar-refractivity contribution in [3.8, 4) is 11.5 Å². The first kappa shape index (κ1) is 16.4. The topological polar surface area (TPSA) is 47.6 Å². The monoisotopic (exact) mass is 319 g/mol. The smallest absolute Gasteiger partial charge is 0.252 e. The van der Waals surface area contributed by atoms with Crippen LogP contribution >= 0.6 is 11.3 Å². The third-order valence-corrected chi connectivity index (χ3v) is 3.77. The van der Waals surface area contributed by atoms with E-state index in [1.165, 1.54) is 11.3 Å². The molecule has 0 unspecified atom stereocenters. The van der Waals surface area contributed by atoms with Gasteiger partial charge in [-0.15, -0.1) is 0 Å². The Bertz CT molecular complexity index is 596. The van der Waals surface area contributed by atoms with Crippen LogP contribution in [0.5, 0.6) is 11.5 Å². The van der Waals surface area contributed by atoms with Crippen LogP contribution in [-0.4, -0.2) is 25.7 Å². The molecular formula is C17H21NO3S. The molecule has 0 spiro atoms. The molecule has 0 atom stereocenters. The minimum Gasteiger partial charge on any atom is -0.490 e. The maximum Gasteiger partial charge on any atom is 0.252 e. The summed E-state index contributed by atoms with van der Waals surface area (Å²) in [6.45, 7) is 5.69. The van der Waals surface area contributed by atoms with E-state index in [1.54, 1.807) is 0 Å². The molecular weight excluding hydrogens is 298 g/mol. The molecule has 0 saturated heterocycles. The van der Waals surface area contributed by atoms with E-state index in [9.17, 15) is 4.79 Å². The first-order valence-electron chi connectivity index (χ1n) is 7.43. The molecule has 0 saturated carbocycles. The fraction of sp³-hybridized carbons (Fsp3) is 0.353. The van der Waals surface area contributed by atoms with E-state index in [0.29, 0.717) is 25.3 Å². The van der Waals surface area contributed by atoms with E-state index in [4.69, 9.17) is 9.47 Å². The average molecular weight is 319 g/mol. The van der Waals surface area contributed by atoms with E-state index in [0.717, 1.165) is 23.5 Å². The molecule has 1 aromatic heterocycles. The maximum atomic E-state index is 11.9. The van der Waals surface area contributed by atoms with E-state index in [2.05, 4.69) is 5.32 Å². The van der Waals surface area contributed by atoms with Gasteiger partial charge in [-0.2, -0.15) is 11.3 Å². The van der Waals surface area contributed by atoms with E-state index in [1.807, 2.05) is 48.9 Å². The van der Waals surface area contributed by atoms with Crippen molar-refractivity contribution >= 4 is 17.2 Å². The van der Waals surface area contributed by atoms with Gasteiger partial charge in [-0.25, -0.2) is 0 Å². The van der Waals surface area contributed by atoms with E-state index >= 15 is 0 Å². The second kappa shape index (κ2) is 8.44. The van der Waals surface area contributed by atoms with Crippen LogP contribution in [0.15, 0.2) is 35.0 Å². The molecule has 2 aromatic rings. The number of benzene rings is 1. The van der Waals surface area contributed by atoms with Crippen LogP contribution in [-0.2, 0) is 6.42 Å². The minimum absolute atomic E-state index is 0.0304. The second-order valence-corrected chi connectivity index (χ2v) is 5.45. The van der Waals surface area contributed by atoms with Gasteiger partial charge in [0.05, 0.1) is 13.2 Å². The van der Waals surface area contributed by atoms with Crippen LogP contribution in [0, 0.1) is 0 Å². The van der Waals surface area contributed by atoms with Crippen molar-refractivity contribution in [1.82, 2.24) is 5.32 Å². The summed E-state index contributed by atoms with van der Waals surface area (Å²) >= 11 is 1.52. The Labute approximate surface area is 135 Å². The highest BCUT2D eigenvalue weighted by molar-refractivity contribution is 7.08. The number of hydrogen-bond donors (Lipinski definition) is 1. The van der Waals surface area contributed by atoms with Crippen molar-refractivity contribution in [3.05, 3.63) is 46.2 Å². The summed E-state index contributed by atoms with van der Waals surface area (Å²) < 4.78 is 11.1. The summed E-state index contributed by atoms with van der Waals surface area (Å²) in [4.78, 5) is 11.9. The van der Waals surface area contributed by atoms with Crippen LogP contribution in [0.25, 0.3) is 0 Å². The third kappa shape index (κ3) is 4.49. The molecule has 0 aliphatic heterocycles. The van der Waals surface area contributed by atoms with Crippen LogP contribution in [0.2, 0.25) is 0 Å². The first-order chi connectivity index (χ1) is 10.7. The van der Waals surface area contributed by atoms with Gasteiger partial charge in [0.2, 0.25) is 0 Å². The average Bonchev–Trinajstić information content (AvgIpc) is 3.04. The maximum absolute atomic E-state index is 11.9. The largest absolute Gasteiger partial charge is 0.490 e. The van der Waals surface area contributed by atoms with Gasteiger partial charge in [0, 0.05) is 17.5 Å². The Balaban J connectivity index is 1.92. The molecule has 1 heterocycles. The summed E-state index contributed by atoms with van der Waals surface area (Å²) in [5.41, 5.74) is 1.82. The molecule has 1 N–H and O–H groups in total. The number of hydrogen-bond acceptors (Lipinski definition) is 4. The lowest BCUT2D eigenvalue weighted by Crippen LogP contribution is -2.25. The normalized spacial score (nSPS) is 10.3. The van der Waals surface area contributed by atoms with Gasteiger partial charge in [0.25, 0.3) is 5.91 Å². The highest BCUT2D eigenvalue weighted by Gasteiger charge is 2.08. The Kier molecular flexibility index (Phi) is 6.27. The number of carbonyl (C=O) groups excluding carboxylic acids is 1. The lowest BCUT2D eigenvalue weighted by Gasteiger charge is -2.12. The number of thiophene rings is 1. The van der Waals surface area contributed by atoms with Gasteiger partial charge in [-0.1, -0.05) is 6.07 Å². The van der Waals surface area contributed by atoms with Gasteiger partial charge >= 0.3 is 0 Å². The summed E-state index contributed by atoms with van der Waals surface area (Å²) in [6.07, 6.45) is 0.752. The molecule has 2 rings (SSSR count). The Morgan fingerprint density at radius 2 is 1.91 bits per heavy atom. The van der Waals surface area contributed by atoms with Crippen molar-refractivity contribution in [1.29, 1.82) is 0 Å². The third-order valence-electron chi connectivity index (χ3n) is 3.09. The van der Waals surface area contributed by atoms with Crippen LogP contribution in [0.4, 0.5) is 0 Å². The molecule has 5 heteroatoms. The van der Waals surface area contributed by atoms with Crippen molar-refractivity contribution in [2.75, 3.05) is 19.8 Å². The number of carbonyl (C=O) groups is 1. The number of ether oxygens (including phenoxy) is 2. The molecule has 118 valence electrons. The SMILES string of the molecule is CCOc1ccc(CCNC(=O)c2ccsc2)cc1OCC. The molecule has 0 aliphatic rings. The fourth-order valence-corrected chi connectivity index (χ4v) is 2.70. The highest BCUT2D eigenvalue weighted by atomic mass is 32.1. The molecule has 1 amide bonds. The predicted octanol–water partition coefficient (Wildman–Crippen LogP) is 3.52. The fourth-order valence-electron chi connectivity index (χ4n) is 2.07. The molecule has 4 nitrogen and oxygen atoms in total. The second-order valence-electron chi connectivity index (χ2n) is 4.67. The van der Waals surface area contributed by atoms with Gasteiger partial charge in [-0.3, -0.25) is 4.79 Å².